The molecule has 1 fully saturated rings. The van der Waals surface area contributed by atoms with Crippen LogP contribution in [-0.4, -0.2) is 19.0 Å². The first-order valence-electron chi connectivity index (χ1n) is 6.56. The van der Waals surface area contributed by atoms with Gasteiger partial charge in [0.05, 0.1) is 11.3 Å². The fraction of sp³-hybridized carbons (Fsp3) is 0.500. The Morgan fingerprint density at radius 3 is 2.94 bits per heavy atom. The van der Waals surface area contributed by atoms with E-state index in [-0.39, 0.29) is 5.91 Å². The van der Waals surface area contributed by atoms with Crippen molar-refractivity contribution in [1.29, 1.82) is 0 Å². The van der Waals surface area contributed by atoms with Crippen LogP contribution in [0.5, 0.6) is 0 Å². The van der Waals surface area contributed by atoms with Crippen LogP contribution in [0, 0.1) is 5.92 Å². The molecule has 2 rings (SSSR count). The first-order chi connectivity index (χ1) is 8.61. The Balaban J connectivity index is 2.31. The molecule has 98 valence electrons. The number of piperidine rings is 1. The number of benzene rings is 1. The summed E-state index contributed by atoms with van der Waals surface area (Å²) < 4.78 is 0. The highest BCUT2D eigenvalue weighted by Gasteiger charge is 2.22. The summed E-state index contributed by atoms with van der Waals surface area (Å²) in [5, 5.41) is 0. The van der Waals surface area contributed by atoms with Gasteiger partial charge >= 0.3 is 0 Å². The molecule has 1 atom stereocenters. The van der Waals surface area contributed by atoms with Crippen LogP contribution in [-0.2, 0) is 0 Å². The van der Waals surface area contributed by atoms with Gasteiger partial charge in [0.1, 0.15) is 0 Å². The largest absolute Gasteiger partial charge is 0.399 e. The lowest BCUT2D eigenvalue weighted by Gasteiger charge is -2.35. The summed E-state index contributed by atoms with van der Waals surface area (Å²) in [6.45, 7) is 4.17. The van der Waals surface area contributed by atoms with Crippen LogP contribution in [0.2, 0.25) is 0 Å². The lowest BCUT2D eigenvalue weighted by Crippen LogP contribution is -2.36. The molecule has 0 spiro atoms. The monoisotopic (exact) mass is 247 g/mol. The second kappa shape index (κ2) is 5.29. The van der Waals surface area contributed by atoms with Crippen LogP contribution < -0.4 is 16.4 Å². The average molecular weight is 247 g/mol. The molecule has 4 N–H and O–H groups in total. The summed E-state index contributed by atoms with van der Waals surface area (Å²) in [6, 6.07) is 5.31. The van der Waals surface area contributed by atoms with E-state index < -0.39 is 0 Å². The first-order valence-corrected chi connectivity index (χ1v) is 6.56. The first kappa shape index (κ1) is 12.7. The minimum Gasteiger partial charge on any atom is -0.399 e. The Morgan fingerprint density at radius 2 is 2.28 bits per heavy atom. The highest BCUT2D eigenvalue weighted by Crippen LogP contribution is 2.29. The molecule has 1 saturated heterocycles. The Hall–Kier alpha value is -1.71. The van der Waals surface area contributed by atoms with Gasteiger partial charge in [0.15, 0.2) is 0 Å². The molecule has 0 aromatic heterocycles. The van der Waals surface area contributed by atoms with E-state index >= 15 is 0 Å². The van der Waals surface area contributed by atoms with Crippen molar-refractivity contribution in [1.82, 2.24) is 0 Å². The van der Waals surface area contributed by atoms with Gasteiger partial charge < -0.3 is 16.4 Å². The summed E-state index contributed by atoms with van der Waals surface area (Å²) in [4.78, 5) is 13.7. The van der Waals surface area contributed by atoms with E-state index in [1.165, 1.54) is 12.8 Å². The summed E-state index contributed by atoms with van der Waals surface area (Å²) in [6.07, 6.45) is 3.59. The summed E-state index contributed by atoms with van der Waals surface area (Å²) in [5.74, 6) is 0.310. The van der Waals surface area contributed by atoms with E-state index in [0.717, 1.165) is 25.2 Å². The zero-order chi connectivity index (χ0) is 13.1. The number of nitrogens with zero attached hydrogens (tertiary/aromatic N) is 1. The second-order valence-electron chi connectivity index (χ2n) is 5.00. The third-order valence-corrected chi connectivity index (χ3v) is 3.72. The highest BCUT2D eigenvalue weighted by atomic mass is 16.1. The van der Waals surface area contributed by atoms with Crippen molar-refractivity contribution < 1.29 is 4.79 Å². The SMILES string of the molecule is CCC1CCCN(c2cc(N)ccc2C(N)=O)C1. The minimum atomic E-state index is -0.386. The maximum Gasteiger partial charge on any atom is 0.250 e. The Morgan fingerprint density at radius 1 is 1.50 bits per heavy atom. The van der Waals surface area contributed by atoms with Crippen LogP contribution >= 0.6 is 0 Å². The van der Waals surface area contributed by atoms with Gasteiger partial charge in [-0.1, -0.05) is 13.3 Å². The number of carbonyl (C=O) groups excluding carboxylic acids is 1. The molecular weight excluding hydrogens is 226 g/mol. The fourth-order valence-electron chi connectivity index (χ4n) is 2.64. The van der Waals surface area contributed by atoms with Crippen LogP contribution in [0.3, 0.4) is 0 Å². The molecule has 1 amide bonds. The van der Waals surface area contributed by atoms with Crippen LogP contribution in [0.25, 0.3) is 0 Å². The molecule has 18 heavy (non-hydrogen) atoms. The molecule has 1 heterocycles. The molecule has 0 bridgehead atoms. The van der Waals surface area contributed by atoms with Crippen LogP contribution in [0.1, 0.15) is 36.5 Å². The molecule has 0 radical (unpaired) electrons. The topological polar surface area (TPSA) is 72.3 Å². The summed E-state index contributed by atoms with van der Waals surface area (Å²) in [7, 11) is 0. The van der Waals surface area contributed by atoms with Crippen molar-refractivity contribution in [3.05, 3.63) is 23.8 Å². The van der Waals surface area contributed by atoms with Gasteiger partial charge in [-0.05, 0) is 37.0 Å². The van der Waals surface area contributed by atoms with Crippen molar-refractivity contribution >= 4 is 17.3 Å². The predicted octanol–water partition coefficient (Wildman–Crippen LogP) is 1.99. The molecule has 4 heteroatoms. The van der Waals surface area contributed by atoms with Gasteiger partial charge in [-0.25, -0.2) is 0 Å². The van der Waals surface area contributed by atoms with Crippen molar-refractivity contribution in [2.24, 2.45) is 11.7 Å². The van der Waals surface area contributed by atoms with Crippen molar-refractivity contribution in [2.75, 3.05) is 23.7 Å². The zero-order valence-corrected chi connectivity index (χ0v) is 10.9. The number of nitrogens with two attached hydrogens (primary N) is 2. The van der Waals surface area contributed by atoms with E-state index in [1.807, 2.05) is 6.07 Å². The third-order valence-electron chi connectivity index (χ3n) is 3.72. The number of rotatable bonds is 3. The average Bonchev–Trinajstić information content (AvgIpc) is 2.38. The maximum atomic E-state index is 11.5. The third kappa shape index (κ3) is 2.58. The van der Waals surface area contributed by atoms with Gasteiger partial charge in [0, 0.05) is 18.8 Å². The van der Waals surface area contributed by atoms with E-state index in [2.05, 4.69) is 11.8 Å². The lowest BCUT2D eigenvalue weighted by atomic mass is 9.94. The summed E-state index contributed by atoms with van der Waals surface area (Å²) in [5.41, 5.74) is 13.4. The highest BCUT2D eigenvalue weighted by molar-refractivity contribution is 5.99. The van der Waals surface area contributed by atoms with Crippen LogP contribution in [0.15, 0.2) is 18.2 Å². The molecule has 0 aliphatic carbocycles. The van der Waals surface area contributed by atoms with Crippen LogP contribution in [0.4, 0.5) is 11.4 Å². The molecule has 1 aromatic carbocycles. The van der Waals surface area contributed by atoms with E-state index in [9.17, 15) is 4.79 Å². The van der Waals surface area contributed by atoms with Crippen molar-refractivity contribution in [2.45, 2.75) is 26.2 Å². The van der Waals surface area contributed by atoms with Gasteiger partial charge in [-0.3, -0.25) is 4.79 Å². The van der Waals surface area contributed by atoms with E-state index in [1.54, 1.807) is 12.1 Å². The number of carbonyl (C=O) groups is 1. The molecule has 1 unspecified atom stereocenters. The minimum absolute atomic E-state index is 0.386. The fourth-order valence-corrected chi connectivity index (χ4v) is 2.64. The van der Waals surface area contributed by atoms with Gasteiger partial charge in [0.25, 0.3) is 5.91 Å². The Labute approximate surface area is 108 Å². The zero-order valence-electron chi connectivity index (χ0n) is 10.9. The predicted molar refractivity (Wildman–Crippen MR) is 74.6 cm³/mol. The van der Waals surface area contributed by atoms with Crippen molar-refractivity contribution in [3.8, 4) is 0 Å². The molecule has 0 saturated carbocycles. The Bertz CT molecular complexity index is 445. The number of hydrogen-bond donors (Lipinski definition) is 2. The molecular formula is C14H21N3O. The number of amides is 1. The van der Waals surface area contributed by atoms with E-state index in [0.29, 0.717) is 17.2 Å². The lowest BCUT2D eigenvalue weighted by molar-refractivity contribution is 0.100. The maximum absolute atomic E-state index is 11.5. The number of nitrogen functional groups attached to an aromatic ring is 1. The van der Waals surface area contributed by atoms with Crippen molar-refractivity contribution in [3.63, 3.8) is 0 Å². The number of hydrogen-bond acceptors (Lipinski definition) is 3. The normalized spacial score (nSPS) is 19.8. The molecule has 4 nitrogen and oxygen atoms in total. The molecule has 1 aliphatic rings. The second-order valence-corrected chi connectivity index (χ2v) is 5.00. The molecule has 1 aliphatic heterocycles. The number of primary amides is 1. The molecule has 1 aromatic rings. The smallest absolute Gasteiger partial charge is 0.250 e. The standard InChI is InChI=1S/C14H21N3O/c1-2-10-4-3-7-17(9-10)13-8-11(15)5-6-12(13)14(16)18/h5-6,8,10H,2-4,7,9,15H2,1H3,(H2,16,18). The quantitative estimate of drug-likeness (QED) is 0.802. The summed E-state index contributed by atoms with van der Waals surface area (Å²) >= 11 is 0. The van der Waals surface area contributed by atoms with E-state index in [4.69, 9.17) is 11.5 Å². The van der Waals surface area contributed by atoms with Gasteiger partial charge in [-0.2, -0.15) is 0 Å². The number of anilines is 2. The van der Waals surface area contributed by atoms with Gasteiger partial charge in [-0.15, -0.1) is 0 Å². The van der Waals surface area contributed by atoms with Gasteiger partial charge in [0.2, 0.25) is 0 Å². The Kier molecular flexibility index (Phi) is 3.75.